The Bertz CT molecular complexity index is 1220. The normalized spacial score (nSPS) is 14.8. The molecule has 152 valence electrons. The topological polar surface area (TPSA) is 74.1 Å². The first-order chi connectivity index (χ1) is 14.8. The van der Waals surface area contributed by atoms with E-state index < -0.39 is 0 Å². The lowest BCUT2D eigenvalue weighted by atomic mass is 9.97. The van der Waals surface area contributed by atoms with Gasteiger partial charge in [-0.15, -0.1) is 11.3 Å². The second-order valence-corrected chi connectivity index (χ2v) is 8.68. The molecule has 7 nitrogen and oxygen atoms in total. The molecule has 0 bridgehead atoms. The number of hydrogen-bond donors (Lipinski definition) is 1. The van der Waals surface area contributed by atoms with E-state index in [1.165, 1.54) is 34.2 Å². The maximum Gasteiger partial charge on any atom is 0.238 e. The Labute approximate surface area is 177 Å². The Balaban J connectivity index is 1.32. The van der Waals surface area contributed by atoms with Crippen LogP contribution in [0.2, 0.25) is 0 Å². The van der Waals surface area contributed by atoms with Crippen LogP contribution in [0.4, 0.5) is 5.82 Å². The highest BCUT2D eigenvalue weighted by atomic mass is 32.1. The molecule has 0 saturated heterocycles. The molecule has 0 atom stereocenters. The number of nitrogens with one attached hydrogen (secondary N) is 1. The molecule has 0 amide bonds. The predicted octanol–water partition coefficient (Wildman–Crippen LogP) is 4.14. The van der Waals surface area contributed by atoms with Crippen LogP contribution in [0.1, 0.15) is 28.8 Å². The van der Waals surface area contributed by atoms with Gasteiger partial charge in [-0.05, 0) is 55.4 Å². The van der Waals surface area contributed by atoms with Crippen molar-refractivity contribution in [2.45, 2.75) is 32.1 Å². The first-order valence-electron chi connectivity index (χ1n) is 10.3. The molecule has 30 heavy (non-hydrogen) atoms. The highest BCUT2D eigenvalue weighted by Gasteiger charge is 2.21. The van der Waals surface area contributed by atoms with E-state index in [1.807, 2.05) is 28.2 Å². The zero-order chi connectivity index (χ0) is 19.9. The Morgan fingerprint density at radius 2 is 2.03 bits per heavy atom. The van der Waals surface area contributed by atoms with Crippen LogP contribution in [0.5, 0.6) is 11.5 Å². The summed E-state index contributed by atoms with van der Waals surface area (Å²) in [4.78, 5) is 16.4. The smallest absolute Gasteiger partial charge is 0.238 e. The number of ether oxygens (including phenoxy) is 2. The van der Waals surface area contributed by atoms with E-state index in [-0.39, 0.29) is 0 Å². The fourth-order valence-corrected chi connectivity index (χ4v) is 5.45. The average Bonchev–Trinajstić information content (AvgIpc) is 3.51. The van der Waals surface area contributed by atoms with Crippen molar-refractivity contribution in [2.75, 3.05) is 18.7 Å². The van der Waals surface area contributed by atoms with Gasteiger partial charge in [-0.25, -0.2) is 9.97 Å². The Hall–Kier alpha value is -3.13. The maximum atomic E-state index is 5.50. The van der Waals surface area contributed by atoms with Crippen molar-refractivity contribution >= 4 is 27.4 Å². The third-order valence-corrected chi connectivity index (χ3v) is 6.87. The molecule has 8 heteroatoms. The lowest BCUT2D eigenvalue weighted by Crippen LogP contribution is -2.10. The number of rotatable bonds is 5. The number of imidazole rings is 1. The number of hydrogen-bond acceptors (Lipinski definition) is 7. The highest BCUT2D eigenvalue weighted by Crippen LogP contribution is 2.39. The standard InChI is InChI=1S/C22H21N5O2S/c1-2-4-18-15(3-1)19-20(25-22(26-21(19)30-18)27-10-9-23-12-27)24-8-7-14-5-6-16-17(11-14)29-13-28-16/h5-6,9-12H,1-4,7-8,13H2,(H,24,25,26). The molecule has 2 aliphatic rings. The molecule has 0 fully saturated rings. The predicted molar refractivity (Wildman–Crippen MR) is 116 cm³/mol. The molecule has 0 unspecified atom stereocenters. The van der Waals surface area contributed by atoms with Crippen molar-refractivity contribution in [3.05, 3.63) is 52.9 Å². The zero-order valence-corrected chi connectivity index (χ0v) is 17.2. The summed E-state index contributed by atoms with van der Waals surface area (Å²) in [7, 11) is 0. The molecular weight excluding hydrogens is 398 g/mol. The van der Waals surface area contributed by atoms with E-state index in [2.05, 4.69) is 22.4 Å². The van der Waals surface area contributed by atoms with Gasteiger partial charge in [-0.2, -0.15) is 4.98 Å². The molecule has 1 aliphatic heterocycles. The van der Waals surface area contributed by atoms with Crippen LogP contribution >= 0.6 is 11.3 Å². The molecule has 1 aliphatic carbocycles. The molecule has 1 aromatic carbocycles. The minimum atomic E-state index is 0.302. The maximum absolute atomic E-state index is 5.50. The van der Waals surface area contributed by atoms with Gasteiger partial charge in [0.25, 0.3) is 0 Å². The Morgan fingerprint density at radius 1 is 1.10 bits per heavy atom. The van der Waals surface area contributed by atoms with Gasteiger partial charge in [0.05, 0.1) is 5.39 Å². The molecule has 0 radical (unpaired) electrons. The molecule has 4 aromatic rings. The summed E-state index contributed by atoms with van der Waals surface area (Å²) in [5.74, 6) is 3.22. The first-order valence-corrected chi connectivity index (χ1v) is 11.1. The summed E-state index contributed by atoms with van der Waals surface area (Å²) in [6, 6.07) is 6.13. The highest BCUT2D eigenvalue weighted by molar-refractivity contribution is 7.19. The number of benzene rings is 1. The summed E-state index contributed by atoms with van der Waals surface area (Å²) in [6.07, 6.45) is 11.0. The Kier molecular flexibility index (Phi) is 4.30. The number of aryl methyl sites for hydroxylation is 2. The van der Waals surface area contributed by atoms with E-state index in [1.54, 1.807) is 12.5 Å². The first kappa shape index (κ1) is 17.7. The van der Waals surface area contributed by atoms with Crippen molar-refractivity contribution in [1.82, 2.24) is 19.5 Å². The minimum Gasteiger partial charge on any atom is -0.454 e. The van der Waals surface area contributed by atoms with Gasteiger partial charge in [0.2, 0.25) is 12.7 Å². The van der Waals surface area contributed by atoms with Crippen molar-refractivity contribution in [3.63, 3.8) is 0 Å². The summed E-state index contributed by atoms with van der Waals surface area (Å²) < 4.78 is 12.8. The van der Waals surface area contributed by atoms with E-state index in [4.69, 9.17) is 19.4 Å². The number of nitrogens with zero attached hydrogens (tertiary/aromatic N) is 4. The third kappa shape index (κ3) is 3.08. The summed E-state index contributed by atoms with van der Waals surface area (Å²) >= 11 is 1.81. The van der Waals surface area contributed by atoms with Crippen molar-refractivity contribution in [1.29, 1.82) is 0 Å². The second kappa shape index (κ2) is 7.28. The van der Waals surface area contributed by atoms with Crippen LogP contribution in [-0.4, -0.2) is 32.9 Å². The van der Waals surface area contributed by atoms with E-state index in [9.17, 15) is 0 Å². The van der Waals surface area contributed by atoms with E-state index in [0.29, 0.717) is 12.7 Å². The average molecular weight is 420 g/mol. The van der Waals surface area contributed by atoms with Gasteiger partial charge in [0.1, 0.15) is 17.0 Å². The molecule has 3 aromatic heterocycles. The number of anilines is 1. The zero-order valence-electron chi connectivity index (χ0n) is 16.4. The third-order valence-electron chi connectivity index (χ3n) is 5.68. The van der Waals surface area contributed by atoms with E-state index in [0.717, 1.165) is 48.0 Å². The van der Waals surface area contributed by atoms with Crippen molar-refractivity contribution in [3.8, 4) is 17.4 Å². The molecule has 0 spiro atoms. The monoisotopic (exact) mass is 419 g/mol. The quantitative estimate of drug-likeness (QED) is 0.524. The van der Waals surface area contributed by atoms with Crippen LogP contribution in [0.25, 0.3) is 16.2 Å². The van der Waals surface area contributed by atoms with Crippen molar-refractivity contribution < 1.29 is 9.47 Å². The Morgan fingerprint density at radius 3 is 2.97 bits per heavy atom. The fraction of sp³-hybridized carbons (Fsp3) is 0.318. The van der Waals surface area contributed by atoms with Gasteiger partial charge in [0, 0.05) is 23.8 Å². The summed E-state index contributed by atoms with van der Waals surface area (Å²) in [5.41, 5.74) is 2.64. The van der Waals surface area contributed by atoms with Gasteiger partial charge >= 0.3 is 0 Å². The van der Waals surface area contributed by atoms with E-state index >= 15 is 0 Å². The minimum absolute atomic E-state index is 0.302. The lowest BCUT2D eigenvalue weighted by molar-refractivity contribution is 0.174. The number of aromatic nitrogens is 4. The van der Waals surface area contributed by atoms with Crippen LogP contribution in [0, 0.1) is 0 Å². The molecular formula is C22H21N5O2S. The van der Waals surface area contributed by atoms with Crippen LogP contribution in [0.15, 0.2) is 36.9 Å². The second-order valence-electron chi connectivity index (χ2n) is 7.60. The van der Waals surface area contributed by atoms with Gasteiger partial charge in [0.15, 0.2) is 11.5 Å². The van der Waals surface area contributed by atoms with Gasteiger partial charge in [-0.3, -0.25) is 4.57 Å². The fourth-order valence-electron chi connectivity index (χ4n) is 4.19. The lowest BCUT2D eigenvalue weighted by Gasteiger charge is -2.13. The SMILES string of the molecule is c1cn(-c2nc(NCCc3ccc4c(c3)OCO4)c3c4c(sc3n2)CCCC4)cn1. The number of fused-ring (bicyclic) bond motifs is 4. The summed E-state index contributed by atoms with van der Waals surface area (Å²) in [6.45, 7) is 1.08. The molecule has 6 rings (SSSR count). The van der Waals surface area contributed by atoms with Crippen LogP contribution in [0.3, 0.4) is 0 Å². The molecule has 1 N–H and O–H groups in total. The summed E-state index contributed by atoms with van der Waals surface area (Å²) in [5, 5.41) is 4.79. The molecule has 0 saturated carbocycles. The largest absolute Gasteiger partial charge is 0.454 e. The van der Waals surface area contributed by atoms with Gasteiger partial charge in [-0.1, -0.05) is 6.07 Å². The molecule has 4 heterocycles. The van der Waals surface area contributed by atoms with Crippen molar-refractivity contribution in [2.24, 2.45) is 0 Å². The van der Waals surface area contributed by atoms with Crippen LogP contribution in [-0.2, 0) is 19.3 Å². The van der Waals surface area contributed by atoms with Gasteiger partial charge < -0.3 is 14.8 Å². The van der Waals surface area contributed by atoms with Crippen LogP contribution < -0.4 is 14.8 Å². The number of thiophene rings is 1.